The van der Waals surface area contributed by atoms with Crippen LogP contribution in [0.25, 0.3) is 11.6 Å². The molecule has 0 fully saturated rings. The maximum atomic E-state index is 13.9. The molecule has 0 saturated heterocycles. The van der Waals surface area contributed by atoms with E-state index in [0.717, 1.165) is 12.3 Å². The van der Waals surface area contributed by atoms with E-state index in [0.29, 0.717) is 37.6 Å². The first kappa shape index (κ1) is 17.7. The summed E-state index contributed by atoms with van der Waals surface area (Å²) in [5, 5.41) is 10.8. The number of oxazole rings is 1. The van der Waals surface area contributed by atoms with Crippen molar-refractivity contribution < 1.29 is 22.9 Å². The van der Waals surface area contributed by atoms with E-state index in [1.165, 1.54) is 6.20 Å². The van der Waals surface area contributed by atoms with Gasteiger partial charge in [-0.2, -0.15) is 0 Å². The Morgan fingerprint density at radius 1 is 1.34 bits per heavy atom. The maximum absolute atomic E-state index is 13.9. The monoisotopic (exact) mass is 404 g/mol. The Balaban J connectivity index is 1.27. The molecule has 0 aromatic carbocycles. The average molecular weight is 404 g/mol. The number of ether oxygens (including phenoxy) is 1. The number of nitrogens with zero attached hydrogens (tertiary/aromatic N) is 6. The molecule has 0 radical (unpaired) electrons. The molecule has 3 aromatic rings. The Morgan fingerprint density at radius 3 is 2.86 bits per heavy atom. The van der Waals surface area contributed by atoms with Crippen molar-refractivity contribution in [2.24, 2.45) is 0 Å². The SMILES string of the molecule is C[C@]1(CN2Cc3nc(-c4ncc(F)cc4F)oc3C2)Cn2cc([N+](=O)[O-])nc2O1. The third-order valence-corrected chi connectivity index (χ3v) is 4.84. The second kappa shape index (κ2) is 6.04. The van der Waals surface area contributed by atoms with Gasteiger partial charge in [-0.25, -0.2) is 18.7 Å². The molecule has 2 aliphatic heterocycles. The first-order valence-corrected chi connectivity index (χ1v) is 8.73. The quantitative estimate of drug-likeness (QED) is 0.481. The van der Waals surface area contributed by atoms with Crippen molar-refractivity contribution >= 4 is 5.82 Å². The van der Waals surface area contributed by atoms with Crippen LogP contribution in [0, 0.1) is 21.7 Å². The molecule has 5 heterocycles. The molecule has 0 aliphatic carbocycles. The maximum Gasteiger partial charge on any atom is 0.415 e. The lowest BCUT2D eigenvalue weighted by Gasteiger charge is -2.27. The van der Waals surface area contributed by atoms with E-state index >= 15 is 0 Å². The third-order valence-electron chi connectivity index (χ3n) is 4.84. The standard InChI is InChI=1S/C17H14F2N6O4/c1-17(8-24-6-13(25(26)27)22-16(24)29-17)7-23-4-11-12(5-23)28-15(21-11)14-10(19)2-9(18)3-20-14/h2-3,6H,4-5,7-8H2,1H3/t17-/m0/s1. The molecular formula is C17H14F2N6O4. The van der Waals surface area contributed by atoms with Crippen LogP contribution in [0.3, 0.4) is 0 Å². The van der Waals surface area contributed by atoms with E-state index in [-0.39, 0.29) is 23.4 Å². The second-order valence-electron chi connectivity index (χ2n) is 7.34. The number of halogens is 2. The predicted molar refractivity (Wildman–Crippen MR) is 91.7 cm³/mol. The van der Waals surface area contributed by atoms with Crippen molar-refractivity contribution in [3.63, 3.8) is 0 Å². The van der Waals surface area contributed by atoms with Crippen LogP contribution < -0.4 is 4.74 Å². The topological polar surface area (TPSA) is 112 Å². The molecule has 1 atom stereocenters. The Kier molecular flexibility index (Phi) is 3.68. The Bertz CT molecular complexity index is 1100. The normalized spacial score (nSPS) is 20.5. The van der Waals surface area contributed by atoms with Crippen LogP contribution in [0.4, 0.5) is 14.6 Å². The van der Waals surface area contributed by atoms with Gasteiger partial charge in [0, 0.05) is 24.1 Å². The lowest BCUT2D eigenvalue weighted by atomic mass is 10.1. The zero-order valence-corrected chi connectivity index (χ0v) is 15.1. The van der Waals surface area contributed by atoms with Gasteiger partial charge in [-0.3, -0.25) is 9.47 Å². The largest absolute Gasteiger partial charge is 0.438 e. The highest BCUT2D eigenvalue weighted by Crippen LogP contribution is 2.34. The molecule has 0 saturated carbocycles. The molecule has 0 N–H and O–H groups in total. The van der Waals surface area contributed by atoms with E-state index in [1.54, 1.807) is 4.57 Å². The summed E-state index contributed by atoms with van der Waals surface area (Å²) in [4.78, 5) is 24.2. The highest BCUT2D eigenvalue weighted by atomic mass is 19.1. The first-order chi connectivity index (χ1) is 13.8. The van der Waals surface area contributed by atoms with Crippen molar-refractivity contribution in [1.29, 1.82) is 0 Å². The van der Waals surface area contributed by atoms with Gasteiger partial charge < -0.3 is 19.3 Å². The van der Waals surface area contributed by atoms with Crippen LogP contribution in [-0.4, -0.2) is 41.5 Å². The van der Waals surface area contributed by atoms with Crippen LogP contribution in [0.2, 0.25) is 0 Å². The van der Waals surface area contributed by atoms with Crippen molar-refractivity contribution in [3.8, 4) is 17.6 Å². The molecule has 2 aliphatic rings. The molecule has 0 spiro atoms. The highest BCUT2D eigenvalue weighted by molar-refractivity contribution is 5.48. The smallest absolute Gasteiger partial charge is 0.415 e. The fourth-order valence-electron chi connectivity index (χ4n) is 3.72. The van der Waals surface area contributed by atoms with Crippen molar-refractivity contribution in [2.75, 3.05) is 6.54 Å². The van der Waals surface area contributed by atoms with Crippen LogP contribution in [0.1, 0.15) is 18.4 Å². The fraction of sp³-hybridized carbons (Fsp3) is 0.353. The summed E-state index contributed by atoms with van der Waals surface area (Å²) in [6.45, 7) is 3.72. The van der Waals surface area contributed by atoms with Gasteiger partial charge in [0.05, 0.1) is 25.0 Å². The molecule has 0 amide bonds. The number of hydrogen-bond acceptors (Lipinski definition) is 8. The molecule has 3 aromatic heterocycles. The van der Waals surface area contributed by atoms with Gasteiger partial charge in [0.15, 0.2) is 11.5 Å². The number of aromatic nitrogens is 4. The minimum absolute atomic E-state index is 0.0166. The lowest BCUT2D eigenvalue weighted by molar-refractivity contribution is -0.389. The second-order valence-corrected chi connectivity index (χ2v) is 7.34. The summed E-state index contributed by atoms with van der Waals surface area (Å²) < 4.78 is 40.0. The summed E-state index contributed by atoms with van der Waals surface area (Å²) in [5.41, 5.74) is -0.0973. The van der Waals surface area contributed by atoms with E-state index in [9.17, 15) is 18.9 Å². The third kappa shape index (κ3) is 3.01. The molecule has 12 heteroatoms. The highest BCUT2D eigenvalue weighted by Gasteiger charge is 2.43. The molecule has 29 heavy (non-hydrogen) atoms. The summed E-state index contributed by atoms with van der Waals surface area (Å²) in [5.74, 6) is -1.26. The number of imidazole rings is 1. The number of fused-ring (bicyclic) bond motifs is 2. The van der Waals surface area contributed by atoms with Gasteiger partial charge in [0.2, 0.25) is 5.89 Å². The van der Waals surface area contributed by atoms with Crippen LogP contribution >= 0.6 is 0 Å². The van der Waals surface area contributed by atoms with Gasteiger partial charge in [0.25, 0.3) is 0 Å². The van der Waals surface area contributed by atoms with Crippen LogP contribution in [0.15, 0.2) is 22.9 Å². The number of nitro groups is 1. The molecule has 0 bridgehead atoms. The van der Waals surface area contributed by atoms with Crippen molar-refractivity contribution in [3.05, 3.63) is 51.7 Å². The van der Waals surface area contributed by atoms with Crippen LogP contribution in [0.5, 0.6) is 6.01 Å². The summed E-state index contributed by atoms with van der Waals surface area (Å²) in [7, 11) is 0. The van der Waals surface area contributed by atoms with E-state index in [4.69, 9.17) is 9.15 Å². The Morgan fingerprint density at radius 2 is 2.17 bits per heavy atom. The first-order valence-electron chi connectivity index (χ1n) is 8.73. The molecule has 150 valence electrons. The van der Waals surface area contributed by atoms with Crippen molar-refractivity contribution in [1.82, 2.24) is 24.4 Å². The van der Waals surface area contributed by atoms with Gasteiger partial charge in [-0.1, -0.05) is 0 Å². The number of pyridine rings is 1. The predicted octanol–water partition coefficient (Wildman–Crippen LogP) is 2.29. The summed E-state index contributed by atoms with van der Waals surface area (Å²) in [6.07, 6.45) is 2.26. The van der Waals surface area contributed by atoms with Gasteiger partial charge >= 0.3 is 11.8 Å². The van der Waals surface area contributed by atoms with Crippen molar-refractivity contribution in [2.45, 2.75) is 32.2 Å². The summed E-state index contributed by atoms with van der Waals surface area (Å²) in [6, 6.07) is 0.948. The zero-order valence-electron chi connectivity index (χ0n) is 15.1. The number of hydrogen-bond donors (Lipinski definition) is 0. The minimum atomic E-state index is -0.836. The Labute approximate surface area is 161 Å². The number of rotatable bonds is 4. The molecule has 0 unspecified atom stereocenters. The molecule has 5 rings (SSSR count). The molecule has 10 nitrogen and oxygen atoms in total. The molecular weight excluding hydrogens is 390 g/mol. The van der Waals surface area contributed by atoms with Gasteiger partial charge in [-0.05, 0) is 11.8 Å². The lowest BCUT2D eigenvalue weighted by Crippen LogP contribution is -2.43. The van der Waals surface area contributed by atoms with Gasteiger partial charge in [-0.15, -0.1) is 0 Å². The fourth-order valence-corrected chi connectivity index (χ4v) is 3.72. The van der Waals surface area contributed by atoms with Crippen LogP contribution in [-0.2, 0) is 19.6 Å². The van der Waals surface area contributed by atoms with E-state index < -0.39 is 22.2 Å². The van der Waals surface area contributed by atoms with E-state index in [2.05, 4.69) is 15.0 Å². The summed E-state index contributed by atoms with van der Waals surface area (Å²) >= 11 is 0. The van der Waals surface area contributed by atoms with Gasteiger partial charge in [0.1, 0.15) is 23.4 Å². The van der Waals surface area contributed by atoms with E-state index in [1.807, 2.05) is 11.8 Å². The average Bonchev–Trinajstić information content (AvgIpc) is 3.33. The zero-order chi connectivity index (χ0) is 20.3. The Hall–Kier alpha value is -3.41. The minimum Gasteiger partial charge on any atom is -0.438 e.